The van der Waals surface area contributed by atoms with Crippen LogP contribution in [0.4, 0.5) is 0 Å². The van der Waals surface area contributed by atoms with Crippen molar-refractivity contribution >= 4 is 11.3 Å². The molecule has 1 aliphatic heterocycles. The van der Waals surface area contributed by atoms with Crippen LogP contribution in [0, 0.1) is 6.92 Å². The first-order valence-electron chi connectivity index (χ1n) is 6.96. The normalized spacial score (nSPS) is 17.9. The number of hydrogen-bond acceptors (Lipinski definition) is 4. The van der Waals surface area contributed by atoms with Crippen LogP contribution in [0.3, 0.4) is 0 Å². The number of nitrogens with zero attached hydrogens (tertiary/aromatic N) is 1. The lowest BCUT2D eigenvalue weighted by atomic mass is 10.0. The van der Waals surface area contributed by atoms with Gasteiger partial charge in [-0.3, -0.25) is 0 Å². The van der Waals surface area contributed by atoms with E-state index in [1.165, 1.54) is 11.1 Å². The van der Waals surface area contributed by atoms with Gasteiger partial charge in [0.05, 0.1) is 5.54 Å². The number of hydrogen-bond donors (Lipinski definition) is 1. The number of rotatable bonds is 4. The molecule has 1 aliphatic rings. The summed E-state index contributed by atoms with van der Waals surface area (Å²) in [6, 6.07) is 6.41. The summed E-state index contributed by atoms with van der Waals surface area (Å²) in [6.45, 7) is 7.29. The predicted octanol–water partition coefficient (Wildman–Crippen LogP) is 3.28. The molecule has 0 saturated heterocycles. The van der Waals surface area contributed by atoms with Crippen molar-refractivity contribution < 1.29 is 4.74 Å². The molecule has 0 aliphatic carbocycles. The van der Waals surface area contributed by atoms with E-state index in [0.29, 0.717) is 0 Å². The summed E-state index contributed by atoms with van der Waals surface area (Å²) in [7, 11) is 0. The summed E-state index contributed by atoms with van der Waals surface area (Å²) in [5.74, 6) is 1.04. The average molecular weight is 288 g/mol. The second-order valence-electron chi connectivity index (χ2n) is 5.90. The van der Waals surface area contributed by atoms with Gasteiger partial charge in [0.25, 0.3) is 0 Å². The number of thiazole rings is 1. The van der Waals surface area contributed by atoms with E-state index in [4.69, 9.17) is 4.74 Å². The van der Waals surface area contributed by atoms with E-state index in [1.54, 1.807) is 11.3 Å². The van der Waals surface area contributed by atoms with Crippen LogP contribution >= 0.6 is 11.3 Å². The number of ether oxygens (including phenoxy) is 1. The fraction of sp³-hybridized carbons (Fsp3) is 0.438. The minimum Gasteiger partial charge on any atom is -0.488 e. The number of benzene rings is 1. The smallest absolute Gasteiger partial charge is 0.123 e. The van der Waals surface area contributed by atoms with Crippen LogP contribution in [-0.2, 0) is 12.0 Å². The van der Waals surface area contributed by atoms with Crippen LogP contribution in [-0.4, -0.2) is 17.6 Å². The monoisotopic (exact) mass is 288 g/mol. The number of fused-ring (bicyclic) bond motifs is 1. The molecular formula is C16H20N2OS. The van der Waals surface area contributed by atoms with E-state index in [9.17, 15) is 0 Å². The van der Waals surface area contributed by atoms with E-state index in [1.807, 2.05) is 11.6 Å². The topological polar surface area (TPSA) is 34.2 Å². The summed E-state index contributed by atoms with van der Waals surface area (Å²) in [5, 5.41) is 6.71. The Morgan fingerprint density at radius 2 is 2.30 bits per heavy atom. The second kappa shape index (κ2) is 5.19. The third-order valence-electron chi connectivity index (χ3n) is 3.70. The quantitative estimate of drug-likeness (QED) is 0.937. The van der Waals surface area contributed by atoms with E-state index in [-0.39, 0.29) is 11.6 Å². The van der Waals surface area contributed by atoms with Gasteiger partial charge in [-0.05, 0) is 32.4 Å². The van der Waals surface area contributed by atoms with Gasteiger partial charge in [0.1, 0.15) is 16.9 Å². The molecule has 0 saturated carbocycles. The largest absolute Gasteiger partial charge is 0.488 e. The molecule has 3 rings (SSSR count). The highest BCUT2D eigenvalue weighted by Crippen LogP contribution is 2.30. The molecule has 1 aromatic carbocycles. The maximum Gasteiger partial charge on any atom is 0.123 e. The Morgan fingerprint density at radius 3 is 3.05 bits per heavy atom. The van der Waals surface area contributed by atoms with E-state index >= 15 is 0 Å². The van der Waals surface area contributed by atoms with Gasteiger partial charge < -0.3 is 10.1 Å². The first kappa shape index (κ1) is 13.6. The predicted molar refractivity (Wildman–Crippen MR) is 82.4 cm³/mol. The van der Waals surface area contributed by atoms with Crippen molar-refractivity contribution in [3.8, 4) is 5.75 Å². The minimum atomic E-state index is -0.109. The summed E-state index contributed by atoms with van der Waals surface area (Å²) in [4.78, 5) is 4.40. The Kier molecular flexibility index (Phi) is 3.52. The Bertz CT molecular complexity index is 593. The fourth-order valence-corrected chi connectivity index (χ4v) is 3.28. The zero-order valence-corrected chi connectivity index (χ0v) is 13.0. The molecule has 1 atom stereocenters. The summed E-state index contributed by atoms with van der Waals surface area (Å²) < 4.78 is 6.00. The van der Waals surface area contributed by atoms with Crippen molar-refractivity contribution in [2.45, 2.75) is 38.8 Å². The lowest BCUT2D eigenvalue weighted by Crippen LogP contribution is -2.42. The van der Waals surface area contributed by atoms with Crippen molar-refractivity contribution in [1.82, 2.24) is 10.3 Å². The summed E-state index contributed by atoms with van der Waals surface area (Å²) in [5.41, 5.74) is 2.51. The first-order chi connectivity index (χ1) is 9.54. The van der Waals surface area contributed by atoms with Crippen LogP contribution < -0.4 is 10.1 Å². The molecule has 3 nitrogen and oxygen atoms in total. The summed E-state index contributed by atoms with van der Waals surface area (Å²) >= 11 is 1.69. The van der Waals surface area contributed by atoms with Crippen LogP contribution in [0.25, 0.3) is 0 Å². The molecule has 0 bridgehead atoms. The summed E-state index contributed by atoms with van der Waals surface area (Å²) in [6.07, 6.45) is 3.05. The van der Waals surface area contributed by atoms with E-state index in [2.05, 4.69) is 49.3 Å². The van der Waals surface area contributed by atoms with Crippen LogP contribution in [0.1, 0.15) is 30.0 Å². The van der Waals surface area contributed by atoms with Crippen molar-refractivity contribution in [3.05, 3.63) is 45.9 Å². The van der Waals surface area contributed by atoms with Crippen LogP contribution in [0.2, 0.25) is 0 Å². The molecule has 0 spiro atoms. The molecule has 1 aromatic heterocycles. The Morgan fingerprint density at radius 1 is 1.45 bits per heavy atom. The first-order valence-corrected chi connectivity index (χ1v) is 7.84. The second-order valence-corrected chi connectivity index (χ2v) is 6.79. The zero-order chi connectivity index (χ0) is 14.2. The highest BCUT2D eigenvalue weighted by atomic mass is 32.1. The molecule has 2 heterocycles. The zero-order valence-electron chi connectivity index (χ0n) is 12.1. The average Bonchev–Trinajstić information content (AvgIpc) is 3.05. The van der Waals surface area contributed by atoms with Gasteiger partial charge in [-0.25, -0.2) is 4.98 Å². The molecule has 1 N–H and O–H groups in total. The van der Waals surface area contributed by atoms with Gasteiger partial charge >= 0.3 is 0 Å². The van der Waals surface area contributed by atoms with E-state index in [0.717, 1.165) is 23.7 Å². The lowest BCUT2D eigenvalue weighted by molar-refractivity contribution is 0.209. The molecule has 0 fully saturated rings. The number of nitrogens with one attached hydrogen (secondary N) is 1. The van der Waals surface area contributed by atoms with Gasteiger partial charge in [0.2, 0.25) is 0 Å². The minimum absolute atomic E-state index is 0.109. The highest BCUT2D eigenvalue weighted by Gasteiger charge is 2.27. The SMILES string of the molecule is Cc1ccc2c(c1)CC(CNC(C)(C)c1nccs1)O2. The number of aromatic nitrogens is 1. The molecule has 20 heavy (non-hydrogen) atoms. The molecule has 2 aromatic rings. The third-order valence-corrected chi connectivity index (χ3v) is 4.79. The van der Waals surface area contributed by atoms with Gasteiger partial charge in [0, 0.05) is 24.5 Å². The molecule has 0 amide bonds. The van der Waals surface area contributed by atoms with Crippen LogP contribution in [0.5, 0.6) is 5.75 Å². The van der Waals surface area contributed by atoms with Crippen molar-refractivity contribution in [1.29, 1.82) is 0 Å². The van der Waals surface area contributed by atoms with Crippen molar-refractivity contribution in [2.75, 3.05) is 6.54 Å². The standard InChI is InChI=1S/C16H20N2OS/c1-11-4-5-14-12(8-11)9-13(19-14)10-18-16(2,3)15-17-6-7-20-15/h4-8,13,18H,9-10H2,1-3H3. The third kappa shape index (κ3) is 2.72. The highest BCUT2D eigenvalue weighted by molar-refractivity contribution is 7.09. The van der Waals surface area contributed by atoms with Crippen molar-refractivity contribution in [2.24, 2.45) is 0 Å². The van der Waals surface area contributed by atoms with Gasteiger partial charge in [0.15, 0.2) is 0 Å². The van der Waals surface area contributed by atoms with E-state index < -0.39 is 0 Å². The maximum atomic E-state index is 6.00. The Hall–Kier alpha value is -1.39. The molecule has 0 radical (unpaired) electrons. The molecule has 106 valence electrons. The molecular weight excluding hydrogens is 268 g/mol. The van der Waals surface area contributed by atoms with Gasteiger partial charge in [-0.1, -0.05) is 17.7 Å². The van der Waals surface area contributed by atoms with Gasteiger partial charge in [-0.15, -0.1) is 11.3 Å². The Balaban J connectivity index is 1.61. The maximum absolute atomic E-state index is 6.00. The Labute approximate surface area is 124 Å². The molecule has 4 heteroatoms. The van der Waals surface area contributed by atoms with Crippen LogP contribution in [0.15, 0.2) is 29.8 Å². The lowest BCUT2D eigenvalue weighted by Gasteiger charge is -2.25. The fourth-order valence-electron chi connectivity index (χ4n) is 2.54. The number of aryl methyl sites for hydroxylation is 1. The van der Waals surface area contributed by atoms with Crippen molar-refractivity contribution in [3.63, 3.8) is 0 Å². The van der Waals surface area contributed by atoms with Gasteiger partial charge in [-0.2, -0.15) is 0 Å². The molecule has 1 unspecified atom stereocenters.